The Kier molecular flexibility index (Phi) is 10.7. The molecule has 0 saturated carbocycles. The molecule has 3 aromatic carbocycles. The van der Waals surface area contributed by atoms with Gasteiger partial charge in [0.05, 0.1) is 0 Å². The molecule has 1 atom stereocenters. The van der Waals surface area contributed by atoms with Crippen molar-refractivity contribution in [3.63, 3.8) is 0 Å². The van der Waals surface area contributed by atoms with Crippen molar-refractivity contribution in [2.45, 2.75) is 61.0 Å². The highest BCUT2D eigenvalue weighted by molar-refractivity contribution is 7.99. The SMILES string of the molecule is CCCC(N)(/C=C/P(=O)(O)O)CCCc1ccc(Sc2cccc(OCc3ccccc3)c2)cc1Cl. The third kappa shape index (κ3) is 9.78. The Bertz CT molecular complexity index is 1200. The van der Waals surface area contributed by atoms with Crippen molar-refractivity contribution < 1.29 is 19.1 Å². The highest BCUT2D eigenvalue weighted by Gasteiger charge is 2.22. The van der Waals surface area contributed by atoms with Crippen LogP contribution in [0.15, 0.2) is 94.5 Å². The summed E-state index contributed by atoms with van der Waals surface area (Å²) in [6.07, 6.45) is 5.05. The molecule has 3 rings (SSSR count). The molecular formula is C28H33ClNO4PS. The number of hydrogen-bond donors (Lipinski definition) is 3. The fourth-order valence-electron chi connectivity index (χ4n) is 3.91. The summed E-state index contributed by atoms with van der Waals surface area (Å²) >= 11 is 8.21. The number of aryl methyl sites for hydroxylation is 1. The molecule has 0 aliphatic rings. The second-order valence-corrected chi connectivity index (χ2v) is 11.9. The van der Waals surface area contributed by atoms with E-state index in [1.165, 1.54) is 6.08 Å². The summed E-state index contributed by atoms with van der Waals surface area (Å²) in [7, 11) is -4.23. The Morgan fingerprint density at radius 1 is 1.03 bits per heavy atom. The van der Waals surface area contributed by atoms with E-state index in [1.807, 2.05) is 73.7 Å². The van der Waals surface area contributed by atoms with Crippen LogP contribution in [0.2, 0.25) is 5.02 Å². The van der Waals surface area contributed by atoms with E-state index >= 15 is 0 Å². The minimum absolute atomic E-state index is 0.521. The van der Waals surface area contributed by atoms with Crippen LogP contribution in [0, 0.1) is 0 Å². The first-order valence-corrected chi connectivity index (χ1v) is 14.8. The standard InChI is InChI=1S/C28H33ClNO4PS/c1-2-15-28(30,17-18-35(31,32)33)16-7-10-23-13-14-26(20-27(23)29)36-25-12-6-11-24(19-25)34-21-22-8-4-3-5-9-22/h3-6,8-9,11-14,17-20H,2,7,10,15-16,21,30H2,1H3,(H2,31,32,33)/b18-17+. The molecule has 0 bridgehead atoms. The maximum atomic E-state index is 11.2. The van der Waals surface area contributed by atoms with E-state index in [4.69, 9.17) is 31.9 Å². The van der Waals surface area contributed by atoms with E-state index < -0.39 is 13.1 Å². The number of nitrogens with two attached hydrogens (primary N) is 1. The molecule has 0 saturated heterocycles. The summed E-state index contributed by atoms with van der Waals surface area (Å²) in [5, 5.41) is 0.695. The molecule has 1 unspecified atom stereocenters. The minimum Gasteiger partial charge on any atom is -0.489 e. The van der Waals surface area contributed by atoms with E-state index in [-0.39, 0.29) is 0 Å². The van der Waals surface area contributed by atoms with Gasteiger partial charge in [-0.2, -0.15) is 0 Å². The molecule has 0 spiro atoms. The molecular weight excluding hydrogens is 513 g/mol. The normalized spacial score (nSPS) is 13.6. The summed E-state index contributed by atoms with van der Waals surface area (Å²) in [6, 6.07) is 24.1. The predicted octanol–water partition coefficient (Wildman–Crippen LogP) is 7.58. The maximum absolute atomic E-state index is 11.2. The lowest BCUT2D eigenvalue weighted by molar-refractivity contribution is 0.305. The molecule has 0 aliphatic heterocycles. The summed E-state index contributed by atoms with van der Waals surface area (Å²) in [6.45, 7) is 2.53. The third-order valence-corrected chi connectivity index (χ3v) is 7.59. The Morgan fingerprint density at radius 3 is 2.47 bits per heavy atom. The molecule has 192 valence electrons. The van der Waals surface area contributed by atoms with Crippen LogP contribution in [-0.4, -0.2) is 15.3 Å². The lowest BCUT2D eigenvalue weighted by atomic mass is 9.88. The molecule has 0 fully saturated rings. The maximum Gasteiger partial charge on any atom is 0.348 e. The van der Waals surface area contributed by atoms with Gasteiger partial charge >= 0.3 is 7.60 Å². The number of ether oxygens (including phenoxy) is 1. The zero-order valence-electron chi connectivity index (χ0n) is 20.3. The molecule has 0 aromatic heterocycles. The van der Waals surface area contributed by atoms with Crippen molar-refractivity contribution >= 4 is 31.0 Å². The van der Waals surface area contributed by atoms with Crippen LogP contribution in [0.5, 0.6) is 5.75 Å². The van der Waals surface area contributed by atoms with Crippen LogP contribution >= 0.6 is 31.0 Å². The largest absolute Gasteiger partial charge is 0.489 e. The van der Waals surface area contributed by atoms with Crippen LogP contribution in [0.1, 0.15) is 43.7 Å². The molecule has 3 aromatic rings. The van der Waals surface area contributed by atoms with Crippen LogP contribution in [0.25, 0.3) is 0 Å². The van der Waals surface area contributed by atoms with Gasteiger partial charge in [-0.1, -0.05) is 85.2 Å². The van der Waals surface area contributed by atoms with Gasteiger partial charge in [0.15, 0.2) is 0 Å². The first-order chi connectivity index (χ1) is 17.2. The Balaban J connectivity index is 1.57. The van der Waals surface area contributed by atoms with Crippen LogP contribution in [0.4, 0.5) is 0 Å². The fourth-order valence-corrected chi connectivity index (χ4v) is 5.65. The lowest BCUT2D eigenvalue weighted by Crippen LogP contribution is -2.37. The summed E-state index contributed by atoms with van der Waals surface area (Å²) in [4.78, 5) is 20.4. The van der Waals surface area contributed by atoms with Gasteiger partial charge in [-0.3, -0.25) is 4.57 Å². The van der Waals surface area contributed by atoms with Crippen molar-refractivity contribution in [3.8, 4) is 5.75 Å². The summed E-state index contributed by atoms with van der Waals surface area (Å²) < 4.78 is 17.2. The zero-order chi connectivity index (χ0) is 26.0. The lowest BCUT2D eigenvalue weighted by Gasteiger charge is -2.26. The van der Waals surface area contributed by atoms with E-state index in [9.17, 15) is 4.57 Å². The van der Waals surface area contributed by atoms with E-state index in [0.717, 1.165) is 51.7 Å². The van der Waals surface area contributed by atoms with Crippen LogP contribution in [0.3, 0.4) is 0 Å². The topological polar surface area (TPSA) is 92.8 Å². The molecule has 0 amide bonds. The number of halogens is 1. The molecule has 5 nitrogen and oxygen atoms in total. The summed E-state index contributed by atoms with van der Waals surface area (Å²) in [5.41, 5.74) is 7.82. The fraction of sp³-hybridized carbons (Fsp3) is 0.286. The van der Waals surface area contributed by atoms with Crippen molar-refractivity contribution in [1.82, 2.24) is 0 Å². The second kappa shape index (κ2) is 13.5. The van der Waals surface area contributed by atoms with Crippen molar-refractivity contribution in [1.29, 1.82) is 0 Å². The van der Waals surface area contributed by atoms with Crippen LogP contribution in [-0.2, 0) is 17.6 Å². The van der Waals surface area contributed by atoms with Crippen LogP contribution < -0.4 is 10.5 Å². The highest BCUT2D eigenvalue weighted by atomic mass is 35.5. The molecule has 0 heterocycles. The van der Waals surface area contributed by atoms with Gasteiger partial charge < -0.3 is 20.3 Å². The van der Waals surface area contributed by atoms with Gasteiger partial charge in [0, 0.05) is 26.2 Å². The average Bonchev–Trinajstić information content (AvgIpc) is 2.84. The van der Waals surface area contributed by atoms with Crippen molar-refractivity contribution in [2.75, 3.05) is 0 Å². The first-order valence-electron chi connectivity index (χ1n) is 11.9. The van der Waals surface area contributed by atoms with Crippen molar-refractivity contribution in [3.05, 3.63) is 101 Å². The van der Waals surface area contributed by atoms with E-state index in [1.54, 1.807) is 11.8 Å². The highest BCUT2D eigenvalue weighted by Crippen LogP contribution is 2.38. The molecule has 8 heteroatoms. The minimum atomic E-state index is -4.23. The van der Waals surface area contributed by atoms with Gasteiger partial charge in [0.1, 0.15) is 12.4 Å². The molecule has 4 N–H and O–H groups in total. The smallest absolute Gasteiger partial charge is 0.348 e. The second-order valence-electron chi connectivity index (χ2n) is 8.85. The van der Waals surface area contributed by atoms with Crippen molar-refractivity contribution in [2.24, 2.45) is 5.73 Å². The third-order valence-electron chi connectivity index (χ3n) is 5.72. The number of hydrogen-bond acceptors (Lipinski definition) is 4. The van der Waals surface area contributed by atoms with Gasteiger partial charge in [-0.05, 0) is 67.1 Å². The Morgan fingerprint density at radius 2 is 1.78 bits per heavy atom. The molecule has 0 radical (unpaired) electrons. The van der Waals surface area contributed by atoms with E-state index in [2.05, 4.69) is 6.07 Å². The van der Waals surface area contributed by atoms with Gasteiger partial charge in [-0.25, -0.2) is 0 Å². The Labute approximate surface area is 222 Å². The van der Waals surface area contributed by atoms with Gasteiger partial charge in [-0.15, -0.1) is 0 Å². The average molecular weight is 546 g/mol. The monoisotopic (exact) mass is 545 g/mol. The number of benzene rings is 3. The van der Waals surface area contributed by atoms with E-state index in [0.29, 0.717) is 24.5 Å². The number of rotatable bonds is 13. The molecule has 36 heavy (non-hydrogen) atoms. The zero-order valence-corrected chi connectivity index (χ0v) is 22.8. The Hall–Kier alpha value is -2.05. The van der Waals surface area contributed by atoms with Gasteiger partial charge in [0.2, 0.25) is 0 Å². The summed E-state index contributed by atoms with van der Waals surface area (Å²) in [5.74, 6) is 1.74. The first kappa shape index (κ1) is 28.5. The van der Waals surface area contributed by atoms with Gasteiger partial charge in [0.25, 0.3) is 0 Å². The predicted molar refractivity (Wildman–Crippen MR) is 149 cm³/mol. The molecule has 0 aliphatic carbocycles. The quantitative estimate of drug-likeness (QED) is 0.192.